The summed E-state index contributed by atoms with van der Waals surface area (Å²) in [6.45, 7) is 2.72. The number of ether oxygens (including phenoxy) is 1. The van der Waals surface area contributed by atoms with E-state index in [0.717, 1.165) is 0 Å². The van der Waals surface area contributed by atoms with Gasteiger partial charge in [0.25, 0.3) is 0 Å². The van der Waals surface area contributed by atoms with Crippen molar-refractivity contribution >= 4 is 29.1 Å². The Labute approximate surface area is 110 Å². The Kier molecular flexibility index (Phi) is 6.00. The molecule has 6 heteroatoms. The van der Waals surface area contributed by atoms with Gasteiger partial charge in [0.1, 0.15) is 5.75 Å². The first kappa shape index (κ1) is 14.3. The highest BCUT2D eigenvalue weighted by molar-refractivity contribution is 6.39. The van der Waals surface area contributed by atoms with Gasteiger partial charge in [-0.25, -0.2) is 0 Å². The van der Waals surface area contributed by atoms with E-state index >= 15 is 0 Å². The number of amides is 2. The van der Waals surface area contributed by atoms with Crippen LogP contribution in [0.15, 0.2) is 24.3 Å². The van der Waals surface area contributed by atoms with E-state index in [4.69, 9.17) is 16.3 Å². The molecule has 0 fully saturated rings. The Hall–Kier alpha value is -1.75. The number of anilines is 1. The van der Waals surface area contributed by atoms with E-state index in [9.17, 15) is 9.59 Å². The molecule has 0 radical (unpaired) electrons. The van der Waals surface area contributed by atoms with Crippen LogP contribution < -0.4 is 15.4 Å². The summed E-state index contributed by atoms with van der Waals surface area (Å²) in [4.78, 5) is 22.7. The van der Waals surface area contributed by atoms with E-state index in [2.05, 4.69) is 10.6 Å². The van der Waals surface area contributed by atoms with Crippen LogP contribution in [-0.4, -0.2) is 30.8 Å². The fraction of sp³-hybridized carbons (Fsp3) is 0.333. The van der Waals surface area contributed by atoms with Gasteiger partial charge in [-0.15, -0.1) is 11.6 Å². The number of hydrogen-bond donors (Lipinski definition) is 2. The molecular weight excluding hydrogens is 256 g/mol. The van der Waals surface area contributed by atoms with Crippen LogP contribution in [0.1, 0.15) is 6.92 Å². The standard InChI is InChI=1S/C12H15ClN2O3/c1-2-18-10-5-3-9(4-6-10)15-12(17)11(16)14-8-7-13/h3-6H,2,7-8H2,1H3,(H,14,16)(H,15,17). The Bertz CT molecular complexity index is 406. The highest BCUT2D eigenvalue weighted by atomic mass is 35.5. The summed E-state index contributed by atoms with van der Waals surface area (Å²) in [5.74, 6) is -0.446. The summed E-state index contributed by atoms with van der Waals surface area (Å²) >= 11 is 5.40. The van der Waals surface area contributed by atoms with Gasteiger partial charge in [0.05, 0.1) is 6.61 Å². The van der Waals surface area contributed by atoms with Gasteiger partial charge in [-0.05, 0) is 31.2 Å². The molecule has 0 aliphatic heterocycles. The van der Waals surface area contributed by atoms with Crippen molar-refractivity contribution in [2.75, 3.05) is 24.3 Å². The van der Waals surface area contributed by atoms with Crippen molar-refractivity contribution in [2.45, 2.75) is 6.92 Å². The minimum Gasteiger partial charge on any atom is -0.494 e. The van der Waals surface area contributed by atoms with Crippen molar-refractivity contribution in [1.29, 1.82) is 0 Å². The molecule has 0 saturated carbocycles. The van der Waals surface area contributed by atoms with Gasteiger partial charge >= 0.3 is 11.8 Å². The third-order valence-corrected chi connectivity index (χ3v) is 2.20. The smallest absolute Gasteiger partial charge is 0.313 e. The first-order chi connectivity index (χ1) is 8.67. The molecule has 1 aromatic carbocycles. The molecule has 0 saturated heterocycles. The average Bonchev–Trinajstić information content (AvgIpc) is 2.38. The van der Waals surface area contributed by atoms with E-state index in [1.54, 1.807) is 24.3 Å². The lowest BCUT2D eigenvalue weighted by Gasteiger charge is -2.07. The average molecular weight is 271 g/mol. The van der Waals surface area contributed by atoms with Crippen molar-refractivity contribution in [3.8, 4) is 5.75 Å². The molecule has 0 aliphatic rings. The zero-order chi connectivity index (χ0) is 13.4. The molecule has 1 rings (SSSR count). The number of hydrogen-bond acceptors (Lipinski definition) is 3. The fourth-order valence-corrected chi connectivity index (χ4v) is 1.32. The summed E-state index contributed by atoms with van der Waals surface area (Å²) < 4.78 is 5.26. The van der Waals surface area contributed by atoms with Gasteiger partial charge in [0.15, 0.2) is 0 Å². The summed E-state index contributed by atoms with van der Waals surface area (Å²) in [5, 5.41) is 4.85. The van der Waals surface area contributed by atoms with Crippen LogP contribution in [0.4, 0.5) is 5.69 Å². The van der Waals surface area contributed by atoms with Crippen LogP contribution in [0.5, 0.6) is 5.75 Å². The molecule has 1 aromatic rings. The van der Waals surface area contributed by atoms with Gasteiger partial charge in [-0.2, -0.15) is 0 Å². The van der Waals surface area contributed by atoms with Crippen LogP contribution >= 0.6 is 11.6 Å². The summed E-state index contributed by atoms with van der Waals surface area (Å²) in [6, 6.07) is 6.76. The molecule has 0 spiro atoms. The van der Waals surface area contributed by atoms with Crippen molar-refractivity contribution in [2.24, 2.45) is 0 Å². The van der Waals surface area contributed by atoms with E-state index in [-0.39, 0.29) is 12.4 Å². The number of carbonyl (C=O) groups is 2. The highest BCUT2D eigenvalue weighted by Crippen LogP contribution is 2.15. The Morgan fingerprint density at radius 3 is 2.44 bits per heavy atom. The van der Waals surface area contributed by atoms with Crippen molar-refractivity contribution in [1.82, 2.24) is 5.32 Å². The van der Waals surface area contributed by atoms with Crippen LogP contribution in [0.25, 0.3) is 0 Å². The van der Waals surface area contributed by atoms with E-state index < -0.39 is 11.8 Å². The molecule has 0 heterocycles. The van der Waals surface area contributed by atoms with Crippen LogP contribution in [0.3, 0.4) is 0 Å². The predicted octanol–water partition coefficient (Wildman–Crippen LogP) is 1.38. The molecule has 0 aromatic heterocycles. The number of nitrogens with one attached hydrogen (secondary N) is 2. The van der Waals surface area contributed by atoms with Gasteiger partial charge in [-0.1, -0.05) is 0 Å². The van der Waals surface area contributed by atoms with Crippen LogP contribution in [0, 0.1) is 0 Å². The van der Waals surface area contributed by atoms with Crippen LogP contribution in [-0.2, 0) is 9.59 Å². The second kappa shape index (κ2) is 7.55. The fourth-order valence-electron chi connectivity index (χ4n) is 1.23. The van der Waals surface area contributed by atoms with Gasteiger partial charge < -0.3 is 15.4 Å². The van der Waals surface area contributed by atoms with Gasteiger partial charge in [0.2, 0.25) is 0 Å². The largest absolute Gasteiger partial charge is 0.494 e. The molecule has 0 bridgehead atoms. The molecular formula is C12H15ClN2O3. The predicted molar refractivity (Wildman–Crippen MR) is 70.0 cm³/mol. The molecule has 0 atom stereocenters. The lowest BCUT2D eigenvalue weighted by molar-refractivity contribution is -0.136. The van der Waals surface area contributed by atoms with Crippen molar-refractivity contribution < 1.29 is 14.3 Å². The molecule has 0 aliphatic carbocycles. The third-order valence-electron chi connectivity index (χ3n) is 2.01. The molecule has 5 nitrogen and oxygen atoms in total. The normalized spacial score (nSPS) is 9.67. The Morgan fingerprint density at radius 1 is 1.22 bits per heavy atom. The highest BCUT2D eigenvalue weighted by Gasteiger charge is 2.12. The van der Waals surface area contributed by atoms with E-state index in [1.165, 1.54) is 0 Å². The topological polar surface area (TPSA) is 67.4 Å². The number of alkyl halides is 1. The minimum absolute atomic E-state index is 0.261. The third kappa shape index (κ3) is 4.63. The molecule has 2 N–H and O–H groups in total. The maximum Gasteiger partial charge on any atom is 0.313 e. The second-order valence-corrected chi connectivity index (χ2v) is 3.73. The van der Waals surface area contributed by atoms with Crippen molar-refractivity contribution in [3.63, 3.8) is 0 Å². The number of carbonyl (C=O) groups excluding carboxylic acids is 2. The zero-order valence-corrected chi connectivity index (χ0v) is 10.8. The monoisotopic (exact) mass is 270 g/mol. The number of rotatable bonds is 5. The zero-order valence-electron chi connectivity index (χ0n) is 10.0. The molecule has 0 unspecified atom stereocenters. The minimum atomic E-state index is -0.718. The maximum absolute atomic E-state index is 11.4. The quantitative estimate of drug-likeness (QED) is 0.627. The molecule has 18 heavy (non-hydrogen) atoms. The first-order valence-electron chi connectivity index (χ1n) is 5.55. The first-order valence-corrected chi connectivity index (χ1v) is 6.08. The molecule has 2 amide bonds. The van der Waals surface area contributed by atoms with E-state index in [0.29, 0.717) is 18.0 Å². The maximum atomic E-state index is 11.4. The second-order valence-electron chi connectivity index (χ2n) is 3.36. The summed E-state index contributed by atoms with van der Waals surface area (Å²) in [7, 11) is 0. The lowest BCUT2D eigenvalue weighted by atomic mass is 10.3. The summed E-state index contributed by atoms with van der Waals surface area (Å²) in [5.41, 5.74) is 0.532. The molecule has 98 valence electrons. The number of benzene rings is 1. The Morgan fingerprint density at radius 2 is 1.89 bits per heavy atom. The number of halogens is 1. The van der Waals surface area contributed by atoms with Gasteiger partial charge in [-0.3, -0.25) is 9.59 Å². The van der Waals surface area contributed by atoms with Crippen molar-refractivity contribution in [3.05, 3.63) is 24.3 Å². The van der Waals surface area contributed by atoms with Gasteiger partial charge in [0, 0.05) is 18.1 Å². The lowest BCUT2D eigenvalue weighted by Crippen LogP contribution is -2.36. The Balaban J connectivity index is 2.51. The SMILES string of the molecule is CCOc1ccc(NC(=O)C(=O)NCCCl)cc1. The van der Waals surface area contributed by atoms with Crippen LogP contribution in [0.2, 0.25) is 0 Å². The summed E-state index contributed by atoms with van der Waals surface area (Å²) in [6.07, 6.45) is 0. The van der Waals surface area contributed by atoms with E-state index in [1.807, 2.05) is 6.92 Å².